The molecule has 6 nitrogen and oxygen atoms in total. The van der Waals surface area contributed by atoms with E-state index in [9.17, 15) is 0 Å². The molecular weight excluding hydrogens is 270 g/mol. The van der Waals surface area contributed by atoms with Gasteiger partial charge in [-0.1, -0.05) is 0 Å². The molecule has 2 N–H and O–H groups in total. The summed E-state index contributed by atoms with van der Waals surface area (Å²) in [5.41, 5.74) is 6.76. The average molecular weight is 280 g/mol. The van der Waals surface area contributed by atoms with E-state index in [-0.39, 0.29) is 18.0 Å². The normalized spacial score (nSPS) is 12.5. The standard InChI is InChI=1S/C12H10ClN3O3/c1-6-10(14)11(16-12(13)15-6)19-7-2-3-8-9(4-7)18-5-17-8/h2-4H,5,14H2,1H3. The summed E-state index contributed by atoms with van der Waals surface area (Å²) >= 11 is 5.78. The molecule has 98 valence electrons. The number of hydrogen-bond acceptors (Lipinski definition) is 6. The summed E-state index contributed by atoms with van der Waals surface area (Å²) in [6, 6.07) is 5.19. The fourth-order valence-corrected chi connectivity index (χ4v) is 1.86. The molecule has 0 atom stereocenters. The van der Waals surface area contributed by atoms with Crippen molar-refractivity contribution in [2.24, 2.45) is 0 Å². The highest BCUT2D eigenvalue weighted by Crippen LogP contribution is 2.37. The molecule has 0 bridgehead atoms. The van der Waals surface area contributed by atoms with E-state index in [0.29, 0.717) is 28.6 Å². The van der Waals surface area contributed by atoms with E-state index in [1.54, 1.807) is 25.1 Å². The first-order valence-electron chi connectivity index (χ1n) is 5.50. The molecule has 2 aromatic rings. The quantitative estimate of drug-likeness (QED) is 0.851. The van der Waals surface area contributed by atoms with Crippen molar-refractivity contribution in [1.29, 1.82) is 0 Å². The third-order valence-corrected chi connectivity index (χ3v) is 2.80. The van der Waals surface area contributed by atoms with Gasteiger partial charge in [0.1, 0.15) is 11.4 Å². The maximum Gasteiger partial charge on any atom is 0.247 e. The molecule has 7 heteroatoms. The van der Waals surface area contributed by atoms with Crippen LogP contribution in [0.4, 0.5) is 5.69 Å². The Morgan fingerprint density at radius 1 is 1.26 bits per heavy atom. The van der Waals surface area contributed by atoms with Gasteiger partial charge in [0, 0.05) is 6.07 Å². The molecule has 1 aliphatic rings. The van der Waals surface area contributed by atoms with E-state index in [2.05, 4.69) is 9.97 Å². The molecule has 0 saturated heterocycles. The number of aromatic nitrogens is 2. The van der Waals surface area contributed by atoms with Gasteiger partial charge in [-0.15, -0.1) is 0 Å². The van der Waals surface area contributed by atoms with Gasteiger partial charge in [-0.25, -0.2) is 4.98 Å². The van der Waals surface area contributed by atoms with Crippen LogP contribution in [0, 0.1) is 6.92 Å². The zero-order valence-electron chi connectivity index (χ0n) is 10.0. The van der Waals surface area contributed by atoms with Crippen molar-refractivity contribution in [3.05, 3.63) is 29.2 Å². The van der Waals surface area contributed by atoms with Crippen LogP contribution < -0.4 is 19.9 Å². The van der Waals surface area contributed by atoms with Gasteiger partial charge in [-0.05, 0) is 30.7 Å². The lowest BCUT2D eigenvalue weighted by molar-refractivity contribution is 0.174. The molecule has 1 aliphatic heterocycles. The topological polar surface area (TPSA) is 79.5 Å². The molecule has 0 unspecified atom stereocenters. The van der Waals surface area contributed by atoms with Crippen LogP contribution >= 0.6 is 11.6 Å². The Kier molecular flexibility index (Phi) is 2.79. The van der Waals surface area contributed by atoms with Crippen molar-refractivity contribution >= 4 is 17.3 Å². The number of fused-ring (bicyclic) bond motifs is 1. The Balaban J connectivity index is 1.93. The summed E-state index contributed by atoms with van der Waals surface area (Å²) < 4.78 is 16.1. The summed E-state index contributed by atoms with van der Waals surface area (Å²) in [5, 5.41) is 0.0856. The van der Waals surface area contributed by atoms with Crippen molar-refractivity contribution in [1.82, 2.24) is 9.97 Å². The highest BCUT2D eigenvalue weighted by atomic mass is 35.5. The molecule has 0 aliphatic carbocycles. The fraction of sp³-hybridized carbons (Fsp3) is 0.167. The first-order valence-corrected chi connectivity index (χ1v) is 5.88. The number of nitrogens with zero attached hydrogens (tertiary/aromatic N) is 2. The summed E-state index contributed by atoms with van der Waals surface area (Å²) in [6.07, 6.45) is 0. The molecule has 0 amide bonds. The van der Waals surface area contributed by atoms with Gasteiger partial charge in [0.05, 0.1) is 5.69 Å². The average Bonchev–Trinajstić information content (AvgIpc) is 2.82. The molecule has 1 aromatic heterocycles. The molecule has 3 rings (SSSR count). The summed E-state index contributed by atoms with van der Waals surface area (Å²) in [7, 11) is 0. The summed E-state index contributed by atoms with van der Waals surface area (Å²) in [4.78, 5) is 7.90. The number of benzene rings is 1. The second-order valence-electron chi connectivity index (χ2n) is 3.91. The predicted molar refractivity (Wildman–Crippen MR) is 68.8 cm³/mol. The maximum absolute atomic E-state index is 5.85. The third kappa shape index (κ3) is 2.22. The minimum Gasteiger partial charge on any atom is -0.454 e. The number of nitrogen functional groups attached to an aromatic ring is 1. The lowest BCUT2D eigenvalue weighted by Crippen LogP contribution is -2.00. The molecular formula is C12H10ClN3O3. The lowest BCUT2D eigenvalue weighted by Gasteiger charge is -2.09. The summed E-state index contributed by atoms with van der Waals surface area (Å²) in [6.45, 7) is 1.94. The Morgan fingerprint density at radius 2 is 2.05 bits per heavy atom. The predicted octanol–water partition coefficient (Wildman–Crippen LogP) is 2.54. The van der Waals surface area contributed by atoms with Crippen LogP contribution in [0.5, 0.6) is 23.1 Å². The largest absolute Gasteiger partial charge is 0.454 e. The van der Waals surface area contributed by atoms with Crippen LogP contribution in [0.15, 0.2) is 18.2 Å². The van der Waals surface area contributed by atoms with E-state index in [1.165, 1.54) is 0 Å². The maximum atomic E-state index is 5.85. The van der Waals surface area contributed by atoms with Gasteiger partial charge in [0.25, 0.3) is 0 Å². The van der Waals surface area contributed by atoms with Gasteiger partial charge in [0.2, 0.25) is 18.0 Å². The van der Waals surface area contributed by atoms with Crippen LogP contribution in [0.3, 0.4) is 0 Å². The number of rotatable bonds is 2. The van der Waals surface area contributed by atoms with Crippen LogP contribution in [0.2, 0.25) is 5.28 Å². The van der Waals surface area contributed by atoms with Crippen molar-refractivity contribution in [2.45, 2.75) is 6.92 Å². The number of nitrogens with two attached hydrogens (primary N) is 1. The number of hydrogen-bond donors (Lipinski definition) is 1. The molecule has 0 saturated carbocycles. The second-order valence-corrected chi connectivity index (χ2v) is 4.25. The number of ether oxygens (including phenoxy) is 3. The van der Waals surface area contributed by atoms with Gasteiger partial charge in [0.15, 0.2) is 11.5 Å². The minimum absolute atomic E-state index is 0.0856. The van der Waals surface area contributed by atoms with Gasteiger partial charge in [-0.3, -0.25) is 0 Å². The van der Waals surface area contributed by atoms with Crippen LogP contribution in [-0.2, 0) is 0 Å². The highest BCUT2D eigenvalue weighted by Gasteiger charge is 2.16. The van der Waals surface area contributed by atoms with Gasteiger partial charge in [-0.2, -0.15) is 4.98 Å². The molecule has 0 radical (unpaired) electrons. The van der Waals surface area contributed by atoms with Gasteiger partial charge >= 0.3 is 0 Å². The van der Waals surface area contributed by atoms with Crippen LogP contribution in [-0.4, -0.2) is 16.8 Å². The van der Waals surface area contributed by atoms with E-state index >= 15 is 0 Å². The first-order chi connectivity index (χ1) is 9.13. The van der Waals surface area contributed by atoms with E-state index in [4.69, 9.17) is 31.5 Å². The second kappa shape index (κ2) is 4.47. The third-order valence-electron chi connectivity index (χ3n) is 2.63. The first kappa shape index (κ1) is 11.9. The number of halogens is 1. The van der Waals surface area contributed by atoms with Crippen molar-refractivity contribution in [3.63, 3.8) is 0 Å². The van der Waals surface area contributed by atoms with E-state index < -0.39 is 0 Å². The Morgan fingerprint density at radius 3 is 2.89 bits per heavy atom. The lowest BCUT2D eigenvalue weighted by atomic mass is 10.3. The van der Waals surface area contributed by atoms with Gasteiger partial charge < -0.3 is 19.9 Å². The monoisotopic (exact) mass is 279 g/mol. The molecule has 2 heterocycles. The van der Waals surface area contributed by atoms with Crippen LogP contribution in [0.1, 0.15) is 5.69 Å². The molecule has 1 aromatic carbocycles. The fourth-order valence-electron chi connectivity index (χ4n) is 1.65. The summed E-state index contributed by atoms with van der Waals surface area (Å²) in [5.74, 6) is 2.05. The SMILES string of the molecule is Cc1nc(Cl)nc(Oc2ccc3c(c2)OCO3)c1N. The Hall–Kier alpha value is -2.21. The van der Waals surface area contributed by atoms with Crippen LogP contribution in [0.25, 0.3) is 0 Å². The smallest absolute Gasteiger partial charge is 0.247 e. The zero-order chi connectivity index (χ0) is 13.4. The molecule has 19 heavy (non-hydrogen) atoms. The molecule has 0 fully saturated rings. The van der Waals surface area contributed by atoms with Crippen molar-refractivity contribution in [3.8, 4) is 23.1 Å². The Bertz CT molecular complexity index is 648. The van der Waals surface area contributed by atoms with Crippen molar-refractivity contribution < 1.29 is 14.2 Å². The Labute approximate surface area is 114 Å². The zero-order valence-corrected chi connectivity index (χ0v) is 10.8. The minimum atomic E-state index is 0.0856. The molecule has 0 spiro atoms. The van der Waals surface area contributed by atoms with E-state index in [0.717, 1.165) is 0 Å². The van der Waals surface area contributed by atoms with E-state index in [1.807, 2.05) is 0 Å². The number of aryl methyl sites for hydroxylation is 1. The number of anilines is 1. The van der Waals surface area contributed by atoms with Crippen molar-refractivity contribution in [2.75, 3.05) is 12.5 Å². The highest BCUT2D eigenvalue weighted by molar-refractivity contribution is 6.28.